The Morgan fingerprint density at radius 2 is 1.96 bits per heavy atom. The Kier molecular flexibility index (Phi) is 5.69. The average molecular weight is 395 g/mol. The van der Waals surface area contributed by atoms with Gasteiger partial charge in [-0.3, -0.25) is 10.1 Å². The summed E-state index contributed by atoms with van der Waals surface area (Å²) in [5.41, 5.74) is 0. The number of carbonyl (C=O) groups is 1. The first kappa shape index (κ1) is 18.9. The predicted molar refractivity (Wildman–Crippen MR) is 101 cm³/mol. The van der Waals surface area contributed by atoms with Gasteiger partial charge in [-0.1, -0.05) is 49.8 Å². The summed E-state index contributed by atoms with van der Waals surface area (Å²) in [6, 6.07) is 7.50. The molecule has 1 aliphatic heterocycles. The zero-order valence-corrected chi connectivity index (χ0v) is 16.4. The summed E-state index contributed by atoms with van der Waals surface area (Å²) in [6.45, 7) is 4.34. The summed E-state index contributed by atoms with van der Waals surface area (Å²) in [6.07, 6.45) is 2.05. The van der Waals surface area contributed by atoms with E-state index in [1.54, 1.807) is 30.3 Å². The first-order valence-electron chi connectivity index (χ1n) is 8.61. The molecule has 0 spiro atoms. The van der Waals surface area contributed by atoms with Crippen molar-refractivity contribution < 1.29 is 13.2 Å². The molecule has 1 saturated heterocycles. The summed E-state index contributed by atoms with van der Waals surface area (Å²) in [5, 5.41) is 12.0. The number of carbonyl (C=O) groups excluding carboxylic acids is 1. The Hall–Kier alpha value is -1.84. The van der Waals surface area contributed by atoms with Crippen LogP contribution in [0.5, 0.6) is 0 Å². The molecule has 0 saturated carbocycles. The highest BCUT2D eigenvalue weighted by Gasteiger charge is 2.37. The van der Waals surface area contributed by atoms with Gasteiger partial charge in [0.15, 0.2) is 0 Å². The third kappa shape index (κ3) is 3.94. The zero-order chi connectivity index (χ0) is 18.7. The lowest BCUT2D eigenvalue weighted by Crippen LogP contribution is -2.49. The number of nitrogens with zero attached hydrogens (tertiary/aromatic N) is 3. The monoisotopic (exact) mass is 394 g/mol. The van der Waals surface area contributed by atoms with Crippen LogP contribution < -0.4 is 5.32 Å². The molecule has 1 atom stereocenters. The van der Waals surface area contributed by atoms with Gasteiger partial charge in [0.25, 0.3) is 0 Å². The van der Waals surface area contributed by atoms with Crippen molar-refractivity contribution >= 4 is 32.4 Å². The molecule has 3 rings (SSSR count). The van der Waals surface area contributed by atoms with Crippen LogP contribution in [-0.4, -0.2) is 41.4 Å². The molecule has 1 amide bonds. The van der Waals surface area contributed by atoms with E-state index in [0.717, 1.165) is 17.8 Å². The van der Waals surface area contributed by atoms with E-state index in [0.29, 0.717) is 18.1 Å². The number of nitrogens with one attached hydrogen (secondary N) is 1. The van der Waals surface area contributed by atoms with Gasteiger partial charge >= 0.3 is 0 Å². The van der Waals surface area contributed by atoms with Crippen LogP contribution in [0.3, 0.4) is 0 Å². The summed E-state index contributed by atoms with van der Waals surface area (Å²) < 4.78 is 27.2. The molecule has 1 N–H and O–H groups in total. The SMILES string of the molecule is CC(C)c1nnc(NC(=O)C2CCCCN2S(=O)(=O)c2ccccc2)s1. The van der Waals surface area contributed by atoms with Crippen molar-refractivity contribution in [2.24, 2.45) is 0 Å². The van der Waals surface area contributed by atoms with Gasteiger partial charge in [-0.15, -0.1) is 10.2 Å². The minimum absolute atomic E-state index is 0.206. The molecule has 7 nitrogen and oxygen atoms in total. The molecule has 0 bridgehead atoms. The fraction of sp³-hybridized carbons (Fsp3) is 0.471. The first-order chi connectivity index (χ1) is 12.4. The molecule has 0 aliphatic carbocycles. The van der Waals surface area contributed by atoms with Gasteiger partial charge in [0.1, 0.15) is 11.0 Å². The van der Waals surface area contributed by atoms with Gasteiger partial charge in [0.2, 0.25) is 21.1 Å². The lowest BCUT2D eigenvalue weighted by Gasteiger charge is -2.33. The number of rotatable bonds is 5. The Labute approximate surface area is 157 Å². The number of benzene rings is 1. The molecule has 1 aliphatic rings. The number of anilines is 1. The molecule has 1 aromatic heterocycles. The summed E-state index contributed by atoms with van der Waals surface area (Å²) >= 11 is 1.32. The van der Waals surface area contributed by atoms with Gasteiger partial charge in [-0.25, -0.2) is 8.42 Å². The molecule has 1 unspecified atom stereocenters. The van der Waals surface area contributed by atoms with Crippen molar-refractivity contribution in [3.05, 3.63) is 35.3 Å². The quantitative estimate of drug-likeness (QED) is 0.842. The average Bonchev–Trinajstić information content (AvgIpc) is 3.11. The highest BCUT2D eigenvalue weighted by molar-refractivity contribution is 7.89. The third-order valence-corrected chi connectivity index (χ3v) is 7.33. The van der Waals surface area contributed by atoms with E-state index in [-0.39, 0.29) is 16.7 Å². The molecular weight excluding hydrogens is 372 g/mol. The van der Waals surface area contributed by atoms with E-state index in [2.05, 4.69) is 15.5 Å². The maximum Gasteiger partial charge on any atom is 0.244 e. The Morgan fingerprint density at radius 1 is 1.23 bits per heavy atom. The molecular formula is C17H22N4O3S2. The van der Waals surface area contributed by atoms with Crippen molar-refractivity contribution in [1.82, 2.24) is 14.5 Å². The highest BCUT2D eigenvalue weighted by atomic mass is 32.2. The van der Waals surface area contributed by atoms with Crippen molar-refractivity contribution in [2.45, 2.75) is 50.0 Å². The molecule has 1 aromatic carbocycles. The topological polar surface area (TPSA) is 92.3 Å². The number of hydrogen-bond donors (Lipinski definition) is 1. The van der Waals surface area contributed by atoms with Crippen molar-refractivity contribution in [3.63, 3.8) is 0 Å². The second kappa shape index (κ2) is 7.81. The van der Waals surface area contributed by atoms with Crippen molar-refractivity contribution in [3.8, 4) is 0 Å². The Balaban J connectivity index is 1.81. The number of amides is 1. The van der Waals surface area contributed by atoms with Crippen LogP contribution in [0.15, 0.2) is 35.2 Å². The van der Waals surface area contributed by atoms with E-state index >= 15 is 0 Å². The summed E-state index contributed by atoms with van der Waals surface area (Å²) in [5.74, 6) is -0.126. The second-order valence-corrected chi connectivity index (χ2v) is 9.43. The van der Waals surface area contributed by atoms with Crippen LogP contribution in [-0.2, 0) is 14.8 Å². The third-order valence-electron chi connectivity index (χ3n) is 4.27. The van der Waals surface area contributed by atoms with Crippen LogP contribution in [0.25, 0.3) is 0 Å². The van der Waals surface area contributed by atoms with Gasteiger partial charge in [-0.05, 0) is 25.0 Å². The lowest BCUT2D eigenvalue weighted by atomic mass is 10.0. The minimum atomic E-state index is -3.72. The van der Waals surface area contributed by atoms with E-state index in [4.69, 9.17) is 0 Å². The summed E-state index contributed by atoms with van der Waals surface area (Å²) in [7, 11) is -3.72. The molecule has 0 radical (unpaired) electrons. The van der Waals surface area contributed by atoms with Crippen LogP contribution in [0, 0.1) is 0 Å². The maximum atomic E-state index is 13.0. The standard InChI is InChI=1S/C17H22N4O3S2/c1-12(2)16-19-20-17(25-16)18-15(22)14-10-6-7-11-21(14)26(23,24)13-8-4-3-5-9-13/h3-5,8-9,12,14H,6-7,10-11H2,1-2H3,(H,18,20,22). The molecule has 2 aromatic rings. The predicted octanol–water partition coefficient (Wildman–Crippen LogP) is 2.84. The van der Waals surface area contributed by atoms with E-state index in [9.17, 15) is 13.2 Å². The molecule has 9 heteroatoms. The number of piperidine rings is 1. The van der Waals surface area contributed by atoms with Gasteiger partial charge < -0.3 is 0 Å². The number of hydrogen-bond acceptors (Lipinski definition) is 6. The fourth-order valence-electron chi connectivity index (χ4n) is 2.89. The van der Waals surface area contributed by atoms with Crippen LogP contribution in [0.4, 0.5) is 5.13 Å². The molecule has 2 heterocycles. The molecule has 140 valence electrons. The largest absolute Gasteiger partial charge is 0.299 e. The lowest BCUT2D eigenvalue weighted by molar-refractivity contribution is -0.120. The van der Waals surface area contributed by atoms with Crippen LogP contribution >= 0.6 is 11.3 Å². The second-order valence-electron chi connectivity index (χ2n) is 6.53. The number of aromatic nitrogens is 2. The molecule has 1 fully saturated rings. The Bertz CT molecular complexity index is 865. The normalized spacial score (nSPS) is 18.8. The van der Waals surface area contributed by atoms with Gasteiger partial charge in [0, 0.05) is 12.5 Å². The van der Waals surface area contributed by atoms with Crippen molar-refractivity contribution in [1.29, 1.82) is 0 Å². The van der Waals surface area contributed by atoms with E-state index in [1.165, 1.54) is 15.6 Å². The minimum Gasteiger partial charge on any atom is -0.299 e. The first-order valence-corrected chi connectivity index (χ1v) is 10.9. The van der Waals surface area contributed by atoms with Crippen LogP contribution in [0.2, 0.25) is 0 Å². The fourth-order valence-corrected chi connectivity index (χ4v) is 5.32. The summed E-state index contributed by atoms with van der Waals surface area (Å²) in [4.78, 5) is 13.0. The Morgan fingerprint density at radius 3 is 2.62 bits per heavy atom. The molecule has 26 heavy (non-hydrogen) atoms. The van der Waals surface area contributed by atoms with Crippen molar-refractivity contribution in [2.75, 3.05) is 11.9 Å². The van der Waals surface area contributed by atoms with Gasteiger partial charge in [0.05, 0.1) is 4.90 Å². The number of sulfonamides is 1. The van der Waals surface area contributed by atoms with E-state index < -0.39 is 16.1 Å². The van der Waals surface area contributed by atoms with Crippen LogP contribution in [0.1, 0.15) is 44.0 Å². The highest BCUT2D eigenvalue weighted by Crippen LogP contribution is 2.27. The zero-order valence-electron chi connectivity index (χ0n) is 14.8. The van der Waals surface area contributed by atoms with E-state index in [1.807, 2.05) is 13.8 Å². The smallest absolute Gasteiger partial charge is 0.244 e. The van der Waals surface area contributed by atoms with Gasteiger partial charge in [-0.2, -0.15) is 4.31 Å². The maximum absolute atomic E-state index is 13.0.